The number of nitrogens with one attached hydrogen (secondary N) is 1. The monoisotopic (exact) mass is 1200 g/mol. The second-order valence-corrected chi connectivity index (χ2v) is 26.1. The zero-order chi connectivity index (χ0) is 61.4. The number of unbranched alkanes of at least 4 members (excludes halogenated alkanes) is 50. The van der Waals surface area contributed by atoms with Crippen LogP contribution in [0.15, 0.2) is 48.6 Å². The third kappa shape index (κ3) is 53.7. The lowest BCUT2D eigenvalue weighted by atomic mass is 9.99. The average molecular weight is 1200 g/mol. The minimum atomic E-state index is -1.58. The van der Waals surface area contributed by atoms with E-state index in [0.717, 1.165) is 44.9 Å². The molecule has 1 heterocycles. The van der Waals surface area contributed by atoms with Crippen LogP contribution in [0.4, 0.5) is 0 Å². The second-order valence-electron chi connectivity index (χ2n) is 26.1. The highest BCUT2D eigenvalue weighted by Gasteiger charge is 2.44. The Labute approximate surface area is 526 Å². The summed E-state index contributed by atoms with van der Waals surface area (Å²) in [5.41, 5.74) is 0. The van der Waals surface area contributed by atoms with Crippen LogP contribution in [0.2, 0.25) is 0 Å². The van der Waals surface area contributed by atoms with Crippen LogP contribution in [0.25, 0.3) is 0 Å². The Balaban J connectivity index is 2.10. The van der Waals surface area contributed by atoms with Crippen LogP contribution in [-0.2, 0) is 14.3 Å². The van der Waals surface area contributed by atoms with Crippen molar-refractivity contribution in [3.63, 3.8) is 0 Å². The number of amides is 1. The summed E-state index contributed by atoms with van der Waals surface area (Å²) in [7, 11) is 0. The Bertz CT molecular complexity index is 1480. The number of carbonyl (C=O) groups excluding carboxylic acids is 1. The van der Waals surface area contributed by atoms with E-state index in [9.17, 15) is 30.3 Å². The van der Waals surface area contributed by atoms with E-state index in [-0.39, 0.29) is 12.5 Å². The predicted octanol–water partition coefficient (Wildman–Crippen LogP) is 20.8. The molecule has 0 aromatic heterocycles. The molecule has 0 saturated carbocycles. The van der Waals surface area contributed by atoms with Crippen molar-refractivity contribution in [1.82, 2.24) is 5.32 Å². The Morgan fingerprint density at radius 2 is 0.671 bits per heavy atom. The first-order chi connectivity index (χ1) is 41.8. The first kappa shape index (κ1) is 81.2. The topological polar surface area (TPSA) is 149 Å². The molecule has 1 aliphatic rings. The van der Waals surface area contributed by atoms with Crippen molar-refractivity contribution in [2.45, 2.75) is 416 Å². The predicted molar refractivity (Wildman–Crippen MR) is 364 cm³/mol. The maximum absolute atomic E-state index is 13.1. The van der Waals surface area contributed by atoms with Gasteiger partial charge in [-0.05, 0) is 70.6 Å². The molecule has 0 aliphatic carbocycles. The molecule has 9 nitrogen and oxygen atoms in total. The van der Waals surface area contributed by atoms with Gasteiger partial charge in [0.05, 0.1) is 25.4 Å². The highest BCUT2D eigenvalue weighted by Crippen LogP contribution is 2.23. The summed E-state index contributed by atoms with van der Waals surface area (Å²) in [5.74, 6) is -0.185. The van der Waals surface area contributed by atoms with Crippen LogP contribution in [0.3, 0.4) is 0 Å². The van der Waals surface area contributed by atoms with Gasteiger partial charge in [-0.15, -0.1) is 0 Å². The number of hydrogen-bond donors (Lipinski definition) is 6. The quantitative estimate of drug-likeness (QED) is 0.0261. The van der Waals surface area contributed by atoms with Crippen molar-refractivity contribution in [3.8, 4) is 0 Å². The standard InChI is InChI=1S/C76H143NO8/c1-3-5-7-9-11-13-15-17-19-21-23-25-27-29-30-31-32-33-34-35-36-37-38-39-40-42-44-46-48-50-52-54-56-58-60-62-64-66-72(80)77-69(68-84-76-75(83)74(82)73(81)71(67-78)85-76)70(79)65-63-61-59-57-55-53-51-49-47-45-43-41-28-26-24-22-20-18-16-14-12-10-8-6-4-2/h33-34,47,49,55,57,63,65,69-71,73-76,78-79,81-83H,3-32,35-46,48,50-54,56,58-62,64,66-68H2,1-2H3,(H,77,80)/b34-33-,49-47+,57-55+,65-63+. The van der Waals surface area contributed by atoms with E-state index in [1.165, 1.54) is 308 Å². The van der Waals surface area contributed by atoms with Gasteiger partial charge in [-0.25, -0.2) is 0 Å². The molecular weight excluding hydrogens is 1050 g/mol. The maximum atomic E-state index is 13.1. The van der Waals surface area contributed by atoms with Crippen molar-refractivity contribution in [2.24, 2.45) is 0 Å². The number of hydrogen-bond acceptors (Lipinski definition) is 8. The van der Waals surface area contributed by atoms with Gasteiger partial charge < -0.3 is 40.3 Å². The van der Waals surface area contributed by atoms with Crippen molar-refractivity contribution >= 4 is 5.91 Å². The highest BCUT2D eigenvalue weighted by molar-refractivity contribution is 5.76. The number of ether oxygens (including phenoxy) is 2. The van der Waals surface area contributed by atoms with E-state index < -0.39 is 49.5 Å². The van der Waals surface area contributed by atoms with Crippen LogP contribution in [0.5, 0.6) is 0 Å². The first-order valence-electron chi connectivity index (χ1n) is 37.4. The van der Waals surface area contributed by atoms with E-state index >= 15 is 0 Å². The number of rotatable bonds is 66. The average Bonchev–Trinajstić information content (AvgIpc) is 3.68. The van der Waals surface area contributed by atoms with E-state index in [4.69, 9.17) is 9.47 Å². The second kappa shape index (κ2) is 65.1. The van der Waals surface area contributed by atoms with Gasteiger partial charge in [0, 0.05) is 6.42 Å². The van der Waals surface area contributed by atoms with E-state index in [2.05, 4.69) is 55.6 Å². The molecule has 1 amide bonds. The lowest BCUT2D eigenvalue weighted by Crippen LogP contribution is -2.60. The Hall–Kier alpha value is -1.85. The number of allylic oxidation sites excluding steroid dienone is 7. The molecule has 0 spiro atoms. The molecule has 7 unspecified atom stereocenters. The summed E-state index contributed by atoms with van der Waals surface area (Å²) in [4.78, 5) is 13.1. The van der Waals surface area contributed by atoms with Gasteiger partial charge in [-0.1, -0.05) is 345 Å². The summed E-state index contributed by atoms with van der Waals surface area (Å²) < 4.78 is 11.3. The number of aliphatic hydroxyl groups excluding tert-OH is 5. The largest absolute Gasteiger partial charge is 0.394 e. The molecule has 0 radical (unpaired) electrons. The Morgan fingerprint density at radius 1 is 0.388 bits per heavy atom. The molecule has 1 rings (SSSR count). The highest BCUT2D eigenvalue weighted by atomic mass is 16.7. The summed E-state index contributed by atoms with van der Waals surface area (Å²) in [6.07, 6.45) is 82.5. The first-order valence-corrected chi connectivity index (χ1v) is 37.4. The smallest absolute Gasteiger partial charge is 0.220 e. The zero-order valence-electron chi connectivity index (χ0n) is 56.1. The lowest BCUT2D eigenvalue weighted by Gasteiger charge is -2.40. The fourth-order valence-corrected chi connectivity index (χ4v) is 12.0. The van der Waals surface area contributed by atoms with E-state index in [0.29, 0.717) is 6.42 Å². The minimum Gasteiger partial charge on any atom is -0.394 e. The van der Waals surface area contributed by atoms with Crippen LogP contribution < -0.4 is 5.32 Å². The fourth-order valence-electron chi connectivity index (χ4n) is 12.0. The minimum absolute atomic E-state index is 0.185. The maximum Gasteiger partial charge on any atom is 0.220 e. The molecule has 7 atom stereocenters. The summed E-state index contributed by atoms with van der Waals surface area (Å²) in [6, 6.07) is -0.830. The number of aliphatic hydroxyl groups is 5. The summed E-state index contributed by atoms with van der Waals surface area (Å²) >= 11 is 0. The van der Waals surface area contributed by atoms with Gasteiger partial charge in [-0.3, -0.25) is 4.79 Å². The number of carbonyl (C=O) groups is 1. The molecule has 0 bridgehead atoms. The van der Waals surface area contributed by atoms with E-state index in [1.54, 1.807) is 6.08 Å². The molecule has 500 valence electrons. The molecular formula is C76H143NO8. The molecule has 9 heteroatoms. The van der Waals surface area contributed by atoms with Gasteiger partial charge >= 0.3 is 0 Å². The van der Waals surface area contributed by atoms with Gasteiger partial charge in [0.1, 0.15) is 24.4 Å². The normalized spacial score (nSPS) is 18.3. The molecule has 0 aromatic carbocycles. The van der Waals surface area contributed by atoms with Crippen LogP contribution in [0.1, 0.15) is 373 Å². The Kier molecular flexibility index (Phi) is 62.2. The van der Waals surface area contributed by atoms with Crippen molar-refractivity contribution < 1.29 is 39.8 Å². The third-order valence-corrected chi connectivity index (χ3v) is 17.9. The van der Waals surface area contributed by atoms with Gasteiger partial charge in [0.25, 0.3) is 0 Å². The van der Waals surface area contributed by atoms with Crippen molar-refractivity contribution in [1.29, 1.82) is 0 Å². The fraction of sp³-hybridized carbons (Fsp3) is 0.882. The van der Waals surface area contributed by atoms with Crippen molar-refractivity contribution in [3.05, 3.63) is 48.6 Å². The molecule has 85 heavy (non-hydrogen) atoms. The molecule has 1 saturated heterocycles. The lowest BCUT2D eigenvalue weighted by molar-refractivity contribution is -0.302. The summed E-state index contributed by atoms with van der Waals surface area (Å²) in [6.45, 7) is 3.81. The SMILES string of the molecule is CCCCCCCCCCCCCCCCC/C=C/CC/C=C/CC/C=C/C(O)C(COC1OC(CO)C(O)C(O)C1O)NC(=O)CCCCCCCCCCCCCCCCCCC/C=C\CCCCCCCCCCCCCCCCCC. The van der Waals surface area contributed by atoms with Crippen LogP contribution in [-0.4, -0.2) is 87.5 Å². The zero-order valence-corrected chi connectivity index (χ0v) is 56.1. The molecule has 1 fully saturated rings. The van der Waals surface area contributed by atoms with Gasteiger partial charge in [-0.2, -0.15) is 0 Å². The molecule has 1 aliphatic heterocycles. The van der Waals surface area contributed by atoms with Crippen LogP contribution in [0, 0.1) is 0 Å². The Morgan fingerprint density at radius 3 is 0.988 bits per heavy atom. The molecule has 0 aromatic rings. The van der Waals surface area contributed by atoms with Crippen molar-refractivity contribution in [2.75, 3.05) is 13.2 Å². The summed E-state index contributed by atoms with van der Waals surface area (Å²) in [5, 5.41) is 54.8. The third-order valence-electron chi connectivity index (χ3n) is 17.9. The molecule has 6 N–H and O–H groups in total. The van der Waals surface area contributed by atoms with Gasteiger partial charge in [0.15, 0.2) is 6.29 Å². The van der Waals surface area contributed by atoms with Crippen LogP contribution >= 0.6 is 0 Å². The van der Waals surface area contributed by atoms with E-state index in [1.807, 2.05) is 6.08 Å². The van der Waals surface area contributed by atoms with Gasteiger partial charge in [0.2, 0.25) is 5.91 Å².